The second-order valence-corrected chi connectivity index (χ2v) is 2.08. The summed E-state index contributed by atoms with van der Waals surface area (Å²) < 4.78 is 0. The molecule has 0 aliphatic heterocycles. The SMILES string of the molecule is Cc1ncc(C[NH3+])c(N)n1. The Hall–Kier alpha value is -1.16. The first-order valence-corrected chi connectivity index (χ1v) is 3.11. The van der Waals surface area contributed by atoms with Crippen molar-refractivity contribution in [2.45, 2.75) is 13.5 Å². The summed E-state index contributed by atoms with van der Waals surface area (Å²) in [7, 11) is 0. The van der Waals surface area contributed by atoms with Gasteiger partial charge in [-0.3, -0.25) is 0 Å². The lowest BCUT2D eigenvalue weighted by Gasteiger charge is -1.98. The highest BCUT2D eigenvalue weighted by Crippen LogP contribution is 2.03. The standard InChI is InChI=1S/C6H10N4/c1-4-9-3-5(2-7)6(8)10-4/h3H,2,7H2,1H3,(H2,8,9,10)/p+1. The number of aryl methyl sites for hydroxylation is 1. The summed E-state index contributed by atoms with van der Waals surface area (Å²) in [6.07, 6.45) is 1.71. The zero-order valence-electron chi connectivity index (χ0n) is 5.96. The van der Waals surface area contributed by atoms with Crippen molar-refractivity contribution < 1.29 is 5.73 Å². The van der Waals surface area contributed by atoms with Crippen LogP contribution in [0, 0.1) is 6.92 Å². The molecule has 0 bridgehead atoms. The molecular weight excluding hydrogens is 128 g/mol. The van der Waals surface area contributed by atoms with E-state index in [1.165, 1.54) is 0 Å². The number of anilines is 1. The molecule has 5 N–H and O–H groups in total. The van der Waals surface area contributed by atoms with Crippen LogP contribution in [0.3, 0.4) is 0 Å². The summed E-state index contributed by atoms with van der Waals surface area (Å²) in [4.78, 5) is 7.95. The van der Waals surface area contributed by atoms with E-state index in [9.17, 15) is 0 Å². The Labute approximate surface area is 59.3 Å². The number of nitrogens with zero attached hydrogens (tertiary/aromatic N) is 2. The number of rotatable bonds is 1. The minimum absolute atomic E-state index is 0.544. The van der Waals surface area contributed by atoms with E-state index in [0.717, 1.165) is 5.56 Å². The van der Waals surface area contributed by atoms with Gasteiger partial charge >= 0.3 is 0 Å². The molecule has 0 radical (unpaired) electrons. The third-order valence-electron chi connectivity index (χ3n) is 1.29. The van der Waals surface area contributed by atoms with Gasteiger partial charge in [-0.25, -0.2) is 9.97 Å². The molecule has 0 saturated heterocycles. The van der Waals surface area contributed by atoms with Crippen molar-refractivity contribution in [1.29, 1.82) is 0 Å². The quantitative estimate of drug-likeness (QED) is 0.529. The highest BCUT2D eigenvalue weighted by atomic mass is 14.9. The number of nitrogens with two attached hydrogens (primary N) is 1. The zero-order valence-corrected chi connectivity index (χ0v) is 5.96. The van der Waals surface area contributed by atoms with Gasteiger partial charge in [0, 0.05) is 6.20 Å². The van der Waals surface area contributed by atoms with Gasteiger partial charge in [0.2, 0.25) is 0 Å². The van der Waals surface area contributed by atoms with Crippen molar-refractivity contribution in [3.8, 4) is 0 Å². The van der Waals surface area contributed by atoms with Gasteiger partial charge in [0.25, 0.3) is 0 Å². The summed E-state index contributed by atoms with van der Waals surface area (Å²) in [5.74, 6) is 1.25. The molecule has 0 atom stereocenters. The topological polar surface area (TPSA) is 79.4 Å². The second kappa shape index (κ2) is 2.62. The van der Waals surface area contributed by atoms with Crippen LogP contribution in [0.25, 0.3) is 0 Å². The van der Waals surface area contributed by atoms with Gasteiger partial charge < -0.3 is 11.5 Å². The lowest BCUT2D eigenvalue weighted by molar-refractivity contribution is -0.386. The zero-order chi connectivity index (χ0) is 7.56. The van der Waals surface area contributed by atoms with Crippen LogP contribution in [0.15, 0.2) is 6.20 Å². The normalized spacial score (nSPS) is 9.80. The van der Waals surface area contributed by atoms with Crippen molar-refractivity contribution in [1.82, 2.24) is 9.97 Å². The van der Waals surface area contributed by atoms with E-state index in [2.05, 4.69) is 15.7 Å². The first-order chi connectivity index (χ1) is 4.74. The Kier molecular flexibility index (Phi) is 1.82. The van der Waals surface area contributed by atoms with Crippen molar-refractivity contribution >= 4 is 5.82 Å². The van der Waals surface area contributed by atoms with E-state index in [-0.39, 0.29) is 0 Å². The molecule has 0 amide bonds. The highest BCUT2D eigenvalue weighted by Gasteiger charge is 1.99. The summed E-state index contributed by atoms with van der Waals surface area (Å²) in [6.45, 7) is 2.45. The van der Waals surface area contributed by atoms with Crippen molar-refractivity contribution in [2.24, 2.45) is 0 Å². The number of nitrogen functional groups attached to an aromatic ring is 1. The average Bonchev–Trinajstić information content (AvgIpc) is 1.88. The molecule has 54 valence electrons. The maximum absolute atomic E-state index is 5.54. The number of quaternary nitrogens is 1. The minimum Gasteiger partial charge on any atom is -0.383 e. The summed E-state index contributed by atoms with van der Waals surface area (Å²) >= 11 is 0. The van der Waals surface area contributed by atoms with Crippen LogP contribution in [-0.4, -0.2) is 9.97 Å². The van der Waals surface area contributed by atoms with E-state index >= 15 is 0 Å². The second-order valence-electron chi connectivity index (χ2n) is 2.08. The predicted octanol–water partition coefficient (Wildman–Crippen LogP) is -0.891. The largest absolute Gasteiger partial charge is 0.383 e. The van der Waals surface area contributed by atoms with Gasteiger partial charge in [-0.05, 0) is 6.92 Å². The molecule has 0 spiro atoms. The van der Waals surface area contributed by atoms with Gasteiger partial charge in [0.05, 0.1) is 5.56 Å². The predicted molar refractivity (Wildman–Crippen MR) is 37.8 cm³/mol. The average molecular weight is 139 g/mol. The van der Waals surface area contributed by atoms with Crippen molar-refractivity contribution in [3.63, 3.8) is 0 Å². The lowest BCUT2D eigenvalue weighted by Crippen LogP contribution is -2.47. The fourth-order valence-corrected chi connectivity index (χ4v) is 0.705. The Morgan fingerprint density at radius 3 is 2.90 bits per heavy atom. The molecule has 0 aromatic carbocycles. The van der Waals surface area contributed by atoms with Crippen LogP contribution in [0.2, 0.25) is 0 Å². The molecule has 0 saturated carbocycles. The molecule has 0 aliphatic carbocycles. The molecule has 0 fully saturated rings. The third kappa shape index (κ3) is 1.22. The molecule has 1 aromatic rings. The smallest absolute Gasteiger partial charge is 0.136 e. The highest BCUT2D eigenvalue weighted by molar-refractivity contribution is 5.36. The number of hydrogen-bond donors (Lipinski definition) is 2. The monoisotopic (exact) mass is 139 g/mol. The summed E-state index contributed by atoms with van der Waals surface area (Å²) in [6, 6.07) is 0. The first-order valence-electron chi connectivity index (χ1n) is 3.11. The summed E-state index contributed by atoms with van der Waals surface area (Å²) in [5.41, 5.74) is 10.1. The third-order valence-corrected chi connectivity index (χ3v) is 1.29. The van der Waals surface area contributed by atoms with E-state index in [4.69, 9.17) is 5.73 Å². The van der Waals surface area contributed by atoms with Crippen LogP contribution in [0.5, 0.6) is 0 Å². The molecule has 1 heterocycles. The van der Waals surface area contributed by atoms with Crippen LogP contribution in [0.4, 0.5) is 5.82 Å². The Morgan fingerprint density at radius 1 is 1.70 bits per heavy atom. The van der Waals surface area contributed by atoms with E-state index in [1.807, 2.05) is 6.92 Å². The van der Waals surface area contributed by atoms with Crippen LogP contribution < -0.4 is 11.5 Å². The Bertz CT molecular complexity index is 233. The van der Waals surface area contributed by atoms with E-state index < -0.39 is 0 Å². The maximum atomic E-state index is 5.54. The lowest BCUT2D eigenvalue weighted by atomic mass is 10.3. The molecule has 1 aromatic heterocycles. The minimum atomic E-state index is 0.544. The Balaban J connectivity index is 3.07. The van der Waals surface area contributed by atoms with E-state index in [1.54, 1.807) is 6.20 Å². The maximum Gasteiger partial charge on any atom is 0.136 e. The van der Waals surface area contributed by atoms with Gasteiger partial charge in [-0.15, -0.1) is 0 Å². The molecule has 10 heavy (non-hydrogen) atoms. The van der Waals surface area contributed by atoms with Gasteiger partial charge in [0.1, 0.15) is 18.2 Å². The molecule has 1 rings (SSSR count). The van der Waals surface area contributed by atoms with E-state index in [0.29, 0.717) is 18.2 Å². The van der Waals surface area contributed by atoms with Gasteiger partial charge in [0.15, 0.2) is 0 Å². The summed E-state index contributed by atoms with van der Waals surface area (Å²) in [5, 5.41) is 0. The Morgan fingerprint density at radius 2 is 2.40 bits per heavy atom. The van der Waals surface area contributed by atoms with Gasteiger partial charge in [-0.1, -0.05) is 0 Å². The fraction of sp³-hybridized carbons (Fsp3) is 0.333. The van der Waals surface area contributed by atoms with Crippen molar-refractivity contribution in [2.75, 3.05) is 5.73 Å². The first kappa shape index (κ1) is 6.95. The molecular formula is C6H11N4+. The van der Waals surface area contributed by atoms with Gasteiger partial charge in [-0.2, -0.15) is 0 Å². The molecule has 0 unspecified atom stereocenters. The molecule has 0 aliphatic rings. The molecule has 4 heteroatoms. The fourth-order valence-electron chi connectivity index (χ4n) is 0.705. The van der Waals surface area contributed by atoms with Crippen LogP contribution >= 0.6 is 0 Å². The molecule has 4 nitrogen and oxygen atoms in total. The van der Waals surface area contributed by atoms with Crippen LogP contribution in [-0.2, 0) is 6.54 Å². The van der Waals surface area contributed by atoms with Crippen molar-refractivity contribution in [3.05, 3.63) is 17.6 Å². The van der Waals surface area contributed by atoms with Crippen LogP contribution in [0.1, 0.15) is 11.4 Å². The number of hydrogen-bond acceptors (Lipinski definition) is 3. The number of aromatic nitrogens is 2.